The number of benzene rings is 1. The number of hydrogen-bond donors (Lipinski definition) is 2. The molecular formula is C13H19ClN2O3S. The lowest BCUT2D eigenvalue weighted by molar-refractivity contribution is 0.178. The third kappa shape index (κ3) is 3.15. The maximum Gasteiger partial charge on any atom is 0.241 e. The van der Waals surface area contributed by atoms with Gasteiger partial charge >= 0.3 is 0 Å². The van der Waals surface area contributed by atoms with Crippen molar-refractivity contribution < 1.29 is 13.2 Å². The summed E-state index contributed by atoms with van der Waals surface area (Å²) in [7, 11) is -3.66. The molecule has 0 bridgehead atoms. The highest BCUT2D eigenvalue weighted by Crippen LogP contribution is 2.27. The van der Waals surface area contributed by atoms with Crippen molar-refractivity contribution in [2.24, 2.45) is 5.73 Å². The maximum absolute atomic E-state index is 12.6. The summed E-state index contributed by atoms with van der Waals surface area (Å²) in [5.41, 5.74) is 6.41. The lowest BCUT2D eigenvalue weighted by Crippen LogP contribution is -2.46. The molecule has 3 N–H and O–H groups in total. The third-order valence-electron chi connectivity index (χ3n) is 3.54. The predicted molar refractivity (Wildman–Crippen MR) is 78.2 cm³/mol. The molecule has 7 heteroatoms. The zero-order chi connectivity index (χ0) is 15.0. The van der Waals surface area contributed by atoms with Gasteiger partial charge in [0.2, 0.25) is 10.0 Å². The molecule has 0 spiro atoms. The largest absolute Gasteiger partial charge is 0.379 e. The average molecular weight is 319 g/mol. The highest BCUT2D eigenvalue weighted by atomic mass is 35.5. The van der Waals surface area contributed by atoms with Crippen LogP contribution in [0.5, 0.6) is 0 Å². The van der Waals surface area contributed by atoms with Crippen LogP contribution in [0.3, 0.4) is 0 Å². The van der Waals surface area contributed by atoms with Gasteiger partial charge in [-0.05, 0) is 43.5 Å². The molecule has 0 aliphatic carbocycles. The number of rotatable bonds is 4. The summed E-state index contributed by atoms with van der Waals surface area (Å²) in [6, 6.07) is 3.15. The summed E-state index contributed by atoms with van der Waals surface area (Å²) in [6.45, 7) is 4.74. The van der Waals surface area contributed by atoms with Crippen LogP contribution in [0.15, 0.2) is 17.0 Å². The van der Waals surface area contributed by atoms with Crippen LogP contribution < -0.4 is 10.5 Å². The Kier molecular flexibility index (Phi) is 4.41. The quantitative estimate of drug-likeness (QED) is 0.883. The second kappa shape index (κ2) is 5.61. The van der Waals surface area contributed by atoms with E-state index in [2.05, 4.69) is 4.72 Å². The molecule has 0 aromatic heterocycles. The number of hydrogen-bond acceptors (Lipinski definition) is 4. The Bertz CT molecular complexity index is 610. The fraction of sp³-hybridized carbons (Fsp3) is 0.538. The summed E-state index contributed by atoms with van der Waals surface area (Å²) in [5.74, 6) is 0. The Labute approximate surface area is 124 Å². The normalized spacial score (nSPS) is 23.2. The molecule has 1 aromatic carbocycles. The van der Waals surface area contributed by atoms with Crippen LogP contribution >= 0.6 is 11.6 Å². The smallest absolute Gasteiger partial charge is 0.241 e. The molecule has 1 atom stereocenters. The van der Waals surface area contributed by atoms with Gasteiger partial charge in [-0.15, -0.1) is 0 Å². The molecule has 1 aromatic rings. The minimum atomic E-state index is -3.66. The van der Waals surface area contributed by atoms with Crippen LogP contribution in [0.25, 0.3) is 0 Å². The second-order valence-corrected chi connectivity index (χ2v) is 7.45. The molecule has 20 heavy (non-hydrogen) atoms. The number of nitrogens with one attached hydrogen (secondary N) is 1. The van der Waals surface area contributed by atoms with E-state index in [9.17, 15) is 8.42 Å². The van der Waals surface area contributed by atoms with E-state index in [1.54, 1.807) is 13.0 Å². The Morgan fingerprint density at radius 1 is 1.50 bits per heavy atom. The van der Waals surface area contributed by atoms with Crippen molar-refractivity contribution in [2.45, 2.75) is 37.2 Å². The lowest BCUT2D eigenvalue weighted by Gasteiger charge is -2.24. The molecule has 1 aliphatic heterocycles. The van der Waals surface area contributed by atoms with Crippen molar-refractivity contribution in [2.75, 3.05) is 13.2 Å². The number of nitrogens with two attached hydrogens (primary N) is 1. The third-order valence-corrected chi connectivity index (χ3v) is 5.52. The van der Waals surface area contributed by atoms with Crippen molar-refractivity contribution in [3.05, 3.63) is 28.3 Å². The molecule has 0 saturated carbocycles. The zero-order valence-electron chi connectivity index (χ0n) is 11.6. The van der Waals surface area contributed by atoms with Crippen LogP contribution in [0.4, 0.5) is 0 Å². The van der Waals surface area contributed by atoms with E-state index < -0.39 is 15.6 Å². The van der Waals surface area contributed by atoms with E-state index in [4.69, 9.17) is 22.1 Å². The molecule has 1 saturated heterocycles. The van der Waals surface area contributed by atoms with Gasteiger partial charge < -0.3 is 10.5 Å². The van der Waals surface area contributed by atoms with E-state index >= 15 is 0 Å². The summed E-state index contributed by atoms with van der Waals surface area (Å²) in [4.78, 5) is 0.179. The minimum absolute atomic E-state index is 0.179. The van der Waals surface area contributed by atoms with Crippen LogP contribution in [0, 0.1) is 6.92 Å². The van der Waals surface area contributed by atoms with Gasteiger partial charge in [-0.3, -0.25) is 0 Å². The van der Waals surface area contributed by atoms with E-state index in [1.807, 2.05) is 6.92 Å². The molecule has 1 heterocycles. The van der Waals surface area contributed by atoms with E-state index in [0.717, 1.165) is 5.56 Å². The monoisotopic (exact) mass is 318 g/mol. The molecule has 1 fully saturated rings. The highest BCUT2D eigenvalue weighted by Gasteiger charge is 2.35. The van der Waals surface area contributed by atoms with Crippen molar-refractivity contribution in [3.8, 4) is 0 Å². The van der Waals surface area contributed by atoms with Crippen molar-refractivity contribution in [1.29, 1.82) is 0 Å². The molecule has 1 aliphatic rings. The number of halogens is 1. The SMILES string of the molecule is Cc1c(CN)cc(Cl)cc1S(=O)(=O)NC1(C)CCOC1. The molecule has 112 valence electrons. The molecule has 5 nitrogen and oxygen atoms in total. The van der Waals surface area contributed by atoms with Gasteiger partial charge in [0.1, 0.15) is 0 Å². The van der Waals surface area contributed by atoms with E-state index in [1.165, 1.54) is 6.07 Å². The number of ether oxygens (including phenoxy) is 1. The van der Waals surface area contributed by atoms with Crippen LogP contribution in [-0.4, -0.2) is 27.2 Å². The Morgan fingerprint density at radius 2 is 2.20 bits per heavy atom. The lowest BCUT2D eigenvalue weighted by atomic mass is 10.0. The van der Waals surface area contributed by atoms with E-state index in [-0.39, 0.29) is 11.4 Å². The standard InChI is InChI=1S/C13H19ClN2O3S/c1-9-10(7-15)5-11(14)6-12(9)20(17,18)16-13(2)3-4-19-8-13/h5-6,16H,3-4,7-8,15H2,1-2H3. The van der Waals surface area contributed by atoms with Crippen LogP contribution in [-0.2, 0) is 21.3 Å². The first-order valence-corrected chi connectivity index (χ1v) is 8.24. The minimum Gasteiger partial charge on any atom is -0.379 e. The fourth-order valence-electron chi connectivity index (χ4n) is 2.33. The summed E-state index contributed by atoms with van der Waals surface area (Å²) in [5, 5.41) is 0.365. The Hall–Kier alpha value is -0.660. The molecule has 2 rings (SSSR count). The predicted octanol–water partition coefficient (Wildman–Crippen LogP) is 1.56. The van der Waals surface area contributed by atoms with Gasteiger partial charge in [0, 0.05) is 18.2 Å². The van der Waals surface area contributed by atoms with Crippen LogP contribution in [0.1, 0.15) is 24.5 Å². The van der Waals surface area contributed by atoms with Crippen molar-refractivity contribution in [1.82, 2.24) is 4.72 Å². The zero-order valence-corrected chi connectivity index (χ0v) is 13.1. The molecule has 0 radical (unpaired) electrons. The first-order chi connectivity index (χ1) is 9.27. The molecule has 0 amide bonds. The van der Waals surface area contributed by atoms with Crippen molar-refractivity contribution in [3.63, 3.8) is 0 Å². The first-order valence-electron chi connectivity index (χ1n) is 6.38. The fourth-order valence-corrected chi connectivity index (χ4v) is 4.37. The second-order valence-electron chi connectivity index (χ2n) is 5.36. The number of sulfonamides is 1. The van der Waals surface area contributed by atoms with Gasteiger partial charge in [-0.25, -0.2) is 13.1 Å². The molecule has 1 unspecified atom stereocenters. The first kappa shape index (κ1) is 15.7. The average Bonchev–Trinajstić information content (AvgIpc) is 2.77. The van der Waals surface area contributed by atoms with Gasteiger partial charge in [0.25, 0.3) is 0 Å². The van der Waals surface area contributed by atoms with Gasteiger partial charge in [-0.1, -0.05) is 11.6 Å². The molecular weight excluding hydrogens is 300 g/mol. The summed E-state index contributed by atoms with van der Waals surface area (Å²) in [6.07, 6.45) is 0.648. The van der Waals surface area contributed by atoms with Crippen LogP contribution in [0.2, 0.25) is 5.02 Å². The Morgan fingerprint density at radius 3 is 2.75 bits per heavy atom. The maximum atomic E-state index is 12.6. The van der Waals surface area contributed by atoms with Gasteiger partial charge in [0.05, 0.1) is 17.0 Å². The summed E-state index contributed by atoms with van der Waals surface area (Å²) < 4.78 is 33.1. The van der Waals surface area contributed by atoms with Crippen molar-refractivity contribution >= 4 is 21.6 Å². The summed E-state index contributed by atoms with van der Waals surface area (Å²) >= 11 is 5.99. The topological polar surface area (TPSA) is 81.4 Å². The van der Waals surface area contributed by atoms with E-state index in [0.29, 0.717) is 30.2 Å². The highest BCUT2D eigenvalue weighted by molar-refractivity contribution is 7.89. The Balaban J connectivity index is 2.41. The van der Waals surface area contributed by atoms with Gasteiger partial charge in [-0.2, -0.15) is 0 Å². The van der Waals surface area contributed by atoms with Gasteiger partial charge in [0.15, 0.2) is 0 Å².